The summed E-state index contributed by atoms with van der Waals surface area (Å²) in [7, 11) is 0. The summed E-state index contributed by atoms with van der Waals surface area (Å²) in [4.78, 5) is 11.9. The predicted octanol–water partition coefficient (Wildman–Crippen LogP) is 2.95. The van der Waals surface area contributed by atoms with Crippen LogP contribution in [0, 0.1) is 16.7 Å². The Labute approximate surface area is 159 Å². The van der Waals surface area contributed by atoms with Gasteiger partial charge in [0.05, 0.1) is 17.9 Å². The standard InChI is InChI=1S/C18H19F3N6O/c1-17(2)13(5-14(17)28)26-15-10(6-22)8-24-16(27-15)25-9-11-7-23-4-3-12(11)18(19,20)21/h3-4,7-8,13-14,28H,5,9H2,1-2H3,(H2,24,25,26,27)/t13?,14-/m1/s1. The fraction of sp³-hybridized carbons (Fsp3) is 0.444. The lowest BCUT2D eigenvalue weighted by Crippen LogP contribution is -2.57. The van der Waals surface area contributed by atoms with Gasteiger partial charge in [-0.1, -0.05) is 13.8 Å². The van der Waals surface area contributed by atoms with E-state index in [1.165, 1.54) is 6.20 Å². The minimum Gasteiger partial charge on any atom is -0.392 e. The predicted molar refractivity (Wildman–Crippen MR) is 95.1 cm³/mol. The summed E-state index contributed by atoms with van der Waals surface area (Å²) in [6, 6.07) is 2.80. The molecule has 0 amide bonds. The fourth-order valence-corrected chi connectivity index (χ4v) is 2.99. The van der Waals surface area contributed by atoms with Crippen molar-refractivity contribution in [1.82, 2.24) is 15.0 Å². The number of halogens is 3. The lowest BCUT2D eigenvalue weighted by Gasteiger charge is -2.49. The van der Waals surface area contributed by atoms with Crippen molar-refractivity contribution in [3.63, 3.8) is 0 Å². The van der Waals surface area contributed by atoms with Crippen LogP contribution in [0.5, 0.6) is 0 Å². The van der Waals surface area contributed by atoms with Gasteiger partial charge in [0, 0.05) is 36.0 Å². The Kier molecular flexibility index (Phi) is 5.12. The van der Waals surface area contributed by atoms with Gasteiger partial charge >= 0.3 is 6.18 Å². The van der Waals surface area contributed by atoms with Gasteiger partial charge in [0.2, 0.25) is 5.95 Å². The van der Waals surface area contributed by atoms with Crippen LogP contribution in [-0.2, 0) is 12.7 Å². The first-order chi connectivity index (χ1) is 13.1. The van der Waals surface area contributed by atoms with Crippen molar-refractivity contribution in [3.05, 3.63) is 41.3 Å². The van der Waals surface area contributed by atoms with Crippen LogP contribution in [0.15, 0.2) is 24.7 Å². The van der Waals surface area contributed by atoms with Gasteiger partial charge in [0.15, 0.2) is 0 Å². The minimum atomic E-state index is -4.49. The lowest BCUT2D eigenvalue weighted by atomic mass is 9.64. The molecule has 0 bridgehead atoms. The molecule has 7 nitrogen and oxygen atoms in total. The number of anilines is 2. The van der Waals surface area contributed by atoms with E-state index in [-0.39, 0.29) is 40.9 Å². The summed E-state index contributed by atoms with van der Waals surface area (Å²) in [5, 5.41) is 25.0. The van der Waals surface area contributed by atoms with Crippen LogP contribution >= 0.6 is 0 Å². The first-order valence-electron chi connectivity index (χ1n) is 8.58. The Balaban J connectivity index is 1.77. The highest BCUT2D eigenvalue weighted by atomic mass is 19.4. The van der Waals surface area contributed by atoms with E-state index in [1.54, 1.807) is 0 Å². The van der Waals surface area contributed by atoms with E-state index < -0.39 is 17.8 Å². The maximum absolute atomic E-state index is 13.1. The van der Waals surface area contributed by atoms with Crippen molar-refractivity contribution in [3.8, 4) is 6.07 Å². The van der Waals surface area contributed by atoms with Crippen molar-refractivity contribution >= 4 is 11.8 Å². The molecule has 3 rings (SSSR count). The molecular formula is C18H19F3N6O. The SMILES string of the molecule is CC1(C)C(Nc2nc(NCc3cnccc3C(F)(F)F)ncc2C#N)C[C@H]1O. The van der Waals surface area contributed by atoms with Gasteiger partial charge in [-0.15, -0.1) is 0 Å². The van der Waals surface area contributed by atoms with Crippen molar-refractivity contribution in [1.29, 1.82) is 5.26 Å². The molecule has 2 atom stereocenters. The van der Waals surface area contributed by atoms with E-state index in [0.717, 1.165) is 18.5 Å². The zero-order valence-corrected chi connectivity index (χ0v) is 15.2. The molecule has 1 unspecified atom stereocenters. The molecule has 10 heteroatoms. The number of rotatable bonds is 5. The second-order valence-corrected chi connectivity index (χ2v) is 7.22. The normalized spacial score (nSPS) is 20.8. The van der Waals surface area contributed by atoms with Crippen molar-refractivity contribution < 1.29 is 18.3 Å². The number of alkyl halides is 3. The zero-order chi connectivity index (χ0) is 20.5. The Bertz CT molecular complexity index is 909. The topological polar surface area (TPSA) is 107 Å². The van der Waals surface area contributed by atoms with Crippen LogP contribution in [0.25, 0.3) is 0 Å². The summed E-state index contributed by atoms with van der Waals surface area (Å²) in [5.74, 6) is 0.350. The Morgan fingerprint density at radius 1 is 1.36 bits per heavy atom. The van der Waals surface area contributed by atoms with Crippen LogP contribution in [0.4, 0.5) is 24.9 Å². The molecule has 148 valence electrons. The molecule has 1 fully saturated rings. The average Bonchev–Trinajstić information content (AvgIpc) is 2.65. The third kappa shape index (κ3) is 3.84. The summed E-state index contributed by atoms with van der Waals surface area (Å²) < 4.78 is 39.2. The van der Waals surface area contributed by atoms with E-state index in [9.17, 15) is 23.5 Å². The van der Waals surface area contributed by atoms with E-state index in [0.29, 0.717) is 6.42 Å². The van der Waals surface area contributed by atoms with E-state index >= 15 is 0 Å². The summed E-state index contributed by atoms with van der Waals surface area (Å²) in [5.41, 5.74) is -1.00. The summed E-state index contributed by atoms with van der Waals surface area (Å²) in [6.45, 7) is 3.61. The average molecular weight is 392 g/mol. The van der Waals surface area contributed by atoms with Crippen molar-refractivity contribution in [2.24, 2.45) is 5.41 Å². The highest BCUT2D eigenvalue weighted by Crippen LogP contribution is 2.42. The third-order valence-electron chi connectivity index (χ3n) is 5.08. The summed E-state index contributed by atoms with van der Waals surface area (Å²) in [6.07, 6.45) is -0.919. The van der Waals surface area contributed by atoms with Crippen LogP contribution in [0.1, 0.15) is 37.0 Å². The number of aliphatic hydroxyl groups excluding tert-OH is 1. The molecule has 1 aliphatic carbocycles. The van der Waals surface area contributed by atoms with Gasteiger partial charge in [0.25, 0.3) is 0 Å². The molecular weight excluding hydrogens is 373 g/mol. The molecule has 2 aromatic rings. The highest BCUT2D eigenvalue weighted by Gasteiger charge is 2.47. The number of hydrogen-bond donors (Lipinski definition) is 3. The van der Waals surface area contributed by atoms with Crippen LogP contribution in [-0.4, -0.2) is 32.2 Å². The second kappa shape index (κ2) is 7.24. The number of aliphatic hydroxyl groups is 1. The molecule has 1 aliphatic rings. The molecule has 0 radical (unpaired) electrons. The Morgan fingerprint density at radius 3 is 2.71 bits per heavy atom. The molecule has 0 saturated heterocycles. The van der Waals surface area contributed by atoms with E-state index in [2.05, 4.69) is 25.6 Å². The first-order valence-corrected chi connectivity index (χ1v) is 8.58. The molecule has 0 spiro atoms. The van der Waals surface area contributed by atoms with Gasteiger partial charge in [-0.2, -0.15) is 23.4 Å². The molecule has 2 aromatic heterocycles. The maximum atomic E-state index is 13.1. The fourth-order valence-electron chi connectivity index (χ4n) is 2.99. The largest absolute Gasteiger partial charge is 0.416 e. The first kappa shape index (κ1) is 19.8. The molecule has 0 aromatic carbocycles. The number of pyridine rings is 1. The van der Waals surface area contributed by atoms with Crippen LogP contribution < -0.4 is 10.6 Å². The molecule has 3 N–H and O–H groups in total. The minimum absolute atomic E-state index is 0.0410. The number of nitriles is 1. The number of nitrogens with zero attached hydrogens (tertiary/aromatic N) is 4. The van der Waals surface area contributed by atoms with Crippen LogP contribution in [0.3, 0.4) is 0 Å². The maximum Gasteiger partial charge on any atom is 0.416 e. The van der Waals surface area contributed by atoms with Gasteiger partial charge in [-0.05, 0) is 12.5 Å². The highest BCUT2D eigenvalue weighted by molar-refractivity contribution is 5.54. The van der Waals surface area contributed by atoms with Gasteiger partial charge in [-0.3, -0.25) is 4.98 Å². The quantitative estimate of drug-likeness (QED) is 0.718. The van der Waals surface area contributed by atoms with Crippen LogP contribution in [0.2, 0.25) is 0 Å². The zero-order valence-electron chi connectivity index (χ0n) is 15.2. The third-order valence-corrected chi connectivity index (χ3v) is 5.08. The van der Waals surface area contributed by atoms with E-state index in [4.69, 9.17) is 0 Å². The summed E-state index contributed by atoms with van der Waals surface area (Å²) >= 11 is 0. The van der Waals surface area contributed by atoms with Gasteiger partial charge in [0.1, 0.15) is 17.5 Å². The molecule has 0 aliphatic heterocycles. The second-order valence-electron chi connectivity index (χ2n) is 7.22. The number of hydrogen-bond acceptors (Lipinski definition) is 7. The Morgan fingerprint density at radius 2 is 2.11 bits per heavy atom. The Hall–Kier alpha value is -2.93. The van der Waals surface area contributed by atoms with Gasteiger partial charge < -0.3 is 15.7 Å². The van der Waals surface area contributed by atoms with Crippen molar-refractivity contribution in [2.45, 2.75) is 45.1 Å². The monoisotopic (exact) mass is 392 g/mol. The smallest absolute Gasteiger partial charge is 0.392 e. The molecule has 28 heavy (non-hydrogen) atoms. The molecule has 2 heterocycles. The molecule has 1 saturated carbocycles. The van der Waals surface area contributed by atoms with Gasteiger partial charge in [-0.25, -0.2) is 4.98 Å². The number of aromatic nitrogens is 3. The van der Waals surface area contributed by atoms with Crippen molar-refractivity contribution in [2.75, 3.05) is 10.6 Å². The van der Waals surface area contributed by atoms with E-state index in [1.807, 2.05) is 19.9 Å². The lowest BCUT2D eigenvalue weighted by molar-refractivity contribution is -0.138. The number of nitrogens with one attached hydrogen (secondary N) is 2.